The number of aromatic hydroxyl groups is 2. The van der Waals surface area contributed by atoms with Gasteiger partial charge >= 0.3 is 0 Å². The zero-order valence-electron chi connectivity index (χ0n) is 36.5. The number of carbonyl (C=O) groups excluding carboxylic acids is 6. The third-order valence-corrected chi connectivity index (χ3v) is 13.6. The highest BCUT2D eigenvalue weighted by atomic mass is 16.7. The number of hydrogen-bond donors (Lipinski definition) is 4. The third kappa shape index (κ3) is 8.48. The Morgan fingerprint density at radius 1 is 0.955 bits per heavy atom. The number of nitrogen functional groups attached to an aromatic ring is 1. The molecule has 2 aromatic carbocycles. The Labute approximate surface area is 378 Å². The van der Waals surface area contributed by atoms with Crippen molar-refractivity contribution in [2.24, 2.45) is 0 Å². The number of rotatable bonds is 15. The first-order valence-corrected chi connectivity index (χ1v) is 22.3. The molecule has 9 rings (SSSR count). The van der Waals surface area contributed by atoms with Gasteiger partial charge in [0.05, 0.1) is 48.2 Å². The molecule has 5 heterocycles. The van der Waals surface area contributed by atoms with Gasteiger partial charge in [-0.3, -0.25) is 38.6 Å². The van der Waals surface area contributed by atoms with Gasteiger partial charge in [-0.05, 0) is 38.7 Å². The van der Waals surface area contributed by atoms with Crippen LogP contribution < -0.4 is 5.73 Å². The molecule has 2 unspecified atom stereocenters. The largest absolute Gasteiger partial charge is 0.507 e. The Morgan fingerprint density at radius 3 is 2.50 bits per heavy atom. The lowest BCUT2D eigenvalue weighted by Crippen LogP contribution is -2.55. The summed E-state index contributed by atoms with van der Waals surface area (Å²) < 4.78 is 48.1. The highest BCUT2D eigenvalue weighted by Gasteiger charge is 2.55. The Morgan fingerprint density at radius 2 is 1.73 bits per heavy atom. The van der Waals surface area contributed by atoms with Crippen LogP contribution in [0, 0.1) is 0 Å². The van der Waals surface area contributed by atoms with Crippen molar-refractivity contribution in [2.45, 2.75) is 119 Å². The molecule has 0 spiro atoms. The molecule has 5 aliphatic heterocycles. The summed E-state index contributed by atoms with van der Waals surface area (Å²) in [7, 11) is 1.53. The standard InChI is InChI=1S/C46H53N3O17/c1-22-43-28(48-14-15-61-45(59-2)44(48)66-43)16-34(63-22)65-29-18-46(58,17-26-36(29)42(57)38-37(40(26)55)39(54)25-8-4-9-27(47)35(25)41(38)56)30(51)21-62-33-10-3-7-24(64-33)20-60-19-23(50)6-5-13-49-31(52)11-12-32(49)53/h4,8-9,11-12,22,24,28-29,33-34,43-45,55,57-58H,3,5-7,10,13-21,47H2,1-2H3/t22-,24?,28-,29-,33?,34-,43+,44+,45-,46-/m0/s1. The number of Topliss-reactive ketones (excluding diaryl/α,β-unsaturated/α-hetero) is 2. The molecule has 20 heteroatoms. The molecule has 0 saturated carbocycles. The van der Waals surface area contributed by atoms with E-state index in [4.69, 9.17) is 43.6 Å². The van der Waals surface area contributed by atoms with Gasteiger partial charge in [0.15, 0.2) is 48.2 Å². The van der Waals surface area contributed by atoms with E-state index >= 15 is 0 Å². The van der Waals surface area contributed by atoms with Crippen molar-refractivity contribution in [1.29, 1.82) is 0 Å². The number of phenols is 2. The van der Waals surface area contributed by atoms with Crippen LogP contribution in [0.25, 0.3) is 0 Å². The van der Waals surface area contributed by atoms with Gasteiger partial charge in [-0.25, -0.2) is 0 Å². The van der Waals surface area contributed by atoms with Gasteiger partial charge in [-0.15, -0.1) is 0 Å². The summed E-state index contributed by atoms with van der Waals surface area (Å²) in [6.45, 7) is 2.11. The molecule has 20 nitrogen and oxygen atoms in total. The molecule has 2 amide bonds. The topological polar surface area (TPSA) is 269 Å². The number of phenolic OH excluding ortho intramolecular Hbond substituents is 2. The zero-order valence-corrected chi connectivity index (χ0v) is 36.5. The van der Waals surface area contributed by atoms with Crippen molar-refractivity contribution in [3.05, 3.63) is 63.7 Å². The number of nitrogens with zero attached hydrogens (tertiary/aromatic N) is 2. The van der Waals surface area contributed by atoms with Crippen LogP contribution in [0.15, 0.2) is 30.4 Å². The number of imide groups is 1. The van der Waals surface area contributed by atoms with E-state index in [0.29, 0.717) is 38.8 Å². The van der Waals surface area contributed by atoms with Gasteiger partial charge in [0, 0.05) is 86.5 Å². The first kappa shape index (κ1) is 46.1. The number of morpholine rings is 1. The van der Waals surface area contributed by atoms with E-state index in [1.165, 1.54) is 37.5 Å². The van der Waals surface area contributed by atoms with Gasteiger partial charge < -0.3 is 58.9 Å². The summed E-state index contributed by atoms with van der Waals surface area (Å²) in [4.78, 5) is 81.4. The number of nitrogens with two attached hydrogens (primary N) is 1. The molecule has 4 fully saturated rings. The van der Waals surface area contributed by atoms with E-state index in [9.17, 15) is 44.1 Å². The van der Waals surface area contributed by atoms with Crippen LogP contribution in [0.1, 0.15) is 101 Å². The molecular weight excluding hydrogens is 867 g/mol. The number of methoxy groups -OCH3 is 1. The number of ether oxygens (including phenoxy) is 8. The summed E-state index contributed by atoms with van der Waals surface area (Å²) in [6, 6.07) is 4.10. The zero-order chi connectivity index (χ0) is 46.6. The summed E-state index contributed by atoms with van der Waals surface area (Å²) in [5.74, 6) is -4.75. The molecule has 0 aromatic heterocycles. The van der Waals surface area contributed by atoms with E-state index < -0.39 is 120 Å². The predicted octanol–water partition coefficient (Wildman–Crippen LogP) is 1.50. The minimum absolute atomic E-state index is 0.00431. The maximum atomic E-state index is 14.2. The van der Waals surface area contributed by atoms with Crippen molar-refractivity contribution in [3.8, 4) is 11.5 Å². The molecule has 2 aliphatic carbocycles. The van der Waals surface area contributed by atoms with E-state index in [-0.39, 0.29) is 78.5 Å². The average molecular weight is 920 g/mol. The van der Waals surface area contributed by atoms with E-state index in [2.05, 4.69) is 4.90 Å². The number of hydrogen-bond acceptors (Lipinski definition) is 19. The maximum Gasteiger partial charge on any atom is 0.253 e. The van der Waals surface area contributed by atoms with Crippen molar-refractivity contribution < 1.29 is 82.0 Å². The van der Waals surface area contributed by atoms with E-state index in [1.807, 2.05) is 6.92 Å². The molecule has 2 aromatic rings. The van der Waals surface area contributed by atoms with Crippen LogP contribution in [0.3, 0.4) is 0 Å². The molecular formula is C46H53N3O17. The van der Waals surface area contributed by atoms with Gasteiger partial charge in [0.1, 0.15) is 36.4 Å². The maximum absolute atomic E-state index is 14.2. The first-order chi connectivity index (χ1) is 31.7. The Balaban J connectivity index is 0.902. The summed E-state index contributed by atoms with van der Waals surface area (Å²) in [5, 5.41) is 36.3. The lowest BCUT2D eigenvalue weighted by atomic mass is 9.71. The fraction of sp³-hybridized carbons (Fsp3) is 0.565. The second-order valence-corrected chi connectivity index (χ2v) is 17.8. The quantitative estimate of drug-likeness (QED) is 0.0955. The first-order valence-electron chi connectivity index (χ1n) is 22.3. The monoisotopic (exact) mass is 919 g/mol. The van der Waals surface area contributed by atoms with Gasteiger partial charge in [-0.2, -0.15) is 0 Å². The minimum atomic E-state index is -2.29. The molecule has 0 radical (unpaired) electrons. The minimum Gasteiger partial charge on any atom is -0.507 e. The molecule has 0 bridgehead atoms. The summed E-state index contributed by atoms with van der Waals surface area (Å²) in [6.07, 6.45) is -2.09. The van der Waals surface area contributed by atoms with Crippen LogP contribution in [-0.2, 0) is 63.5 Å². The second-order valence-electron chi connectivity index (χ2n) is 17.8. The Hall–Kier alpha value is -5.00. The van der Waals surface area contributed by atoms with Crippen LogP contribution in [0.5, 0.6) is 11.5 Å². The van der Waals surface area contributed by atoms with E-state index in [1.54, 1.807) is 0 Å². The number of aliphatic hydroxyl groups is 1. The molecule has 4 saturated heterocycles. The third-order valence-electron chi connectivity index (χ3n) is 13.6. The fourth-order valence-corrected chi connectivity index (χ4v) is 10.3. The number of carbonyl (C=O) groups is 6. The van der Waals surface area contributed by atoms with Crippen molar-refractivity contribution >= 4 is 40.6 Å². The van der Waals surface area contributed by atoms with Crippen molar-refractivity contribution in [1.82, 2.24) is 9.80 Å². The summed E-state index contributed by atoms with van der Waals surface area (Å²) in [5.41, 5.74) is 2.47. The van der Waals surface area contributed by atoms with Gasteiger partial charge in [0.2, 0.25) is 0 Å². The van der Waals surface area contributed by atoms with Crippen molar-refractivity contribution in [3.63, 3.8) is 0 Å². The molecule has 7 aliphatic rings. The number of benzene rings is 2. The van der Waals surface area contributed by atoms with Crippen LogP contribution in [-0.4, -0.2) is 162 Å². The highest BCUT2D eigenvalue weighted by Crippen LogP contribution is 2.53. The smallest absolute Gasteiger partial charge is 0.253 e. The normalized spacial score (nSPS) is 31.6. The summed E-state index contributed by atoms with van der Waals surface area (Å²) >= 11 is 0. The number of amides is 2. The van der Waals surface area contributed by atoms with E-state index in [0.717, 1.165) is 4.90 Å². The van der Waals surface area contributed by atoms with Gasteiger partial charge in [0.25, 0.3) is 11.8 Å². The lowest BCUT2D eigenvalue weighted by molar-refractivity contribution is -0.256. The molecule has 10 atom stereocenters. The number of fused-ring (bicyclic) bond motifs is 6. The predicted molar refractivity (Wildman–Crippen MR) is 224 cm³/mol. The molecule has 354 valence electrons. The van der Waals surface area contributed by atoms with Crippen LogP contribution in [0.4, 0.5) is 5.69 Å². The second kappa shape index (κ2) is 18.6. The fourth-order valence-electron chi connectivity index (χ4n) is 10.3. The van der Waals surface area contributed by atoms with Crippen LogP contribution in [0.2, 0.25) is 0 Å². The lowest BCUT2D eigenvalue weighted by Gasteiger charge is -2.43. The highest BCUT2D eigenvalue weighted by molar-refractivity contribution is 6.32. The number of anilines is 1. The Kier molecular flexibility index (Phi) is 13.0. The Bertz CT molecular complexity index is 2340. The SMILES string of the molecule is CO[C@H]1OCCN2[C@@H]1O[C@@H]1[C@H](C)O[C@@H](O[C@H]3C[C@](O)(C(=O)COC4CCCC(COCC(=O)CCCN5C(=O)C=CC5=O)O4)Cc4c(O)c5c(c(O)c43)C(=O)c3c(N)cccc3C5=O)C[C@@H]12. The van der Waals surface area contributed by atoms with Gasteiger partial charge in [-0.1, -0.05) is 12.1 Å². The molecule has 5 N–H and O–H groups in total. The average Bonchev–Trinajstić information content (AvgIpc) is 3.84. The number of ketones is 4. The molecule has 66 heavy (non-hydrogen) atoms. The van der Waals surface area contributed by atoms with Crippen LogP contribution >= 0.6 is 0 Å². The van der Waals surface area contributed by atoms with Crippen molar-refractivity contribution in [2.75, 3.05) is 52.4 Å².